The molecule has 0 N–H and O–H groups in total. The van der Waals surface area contributed by atoms with E-state index in [9.17, 15) is 9.59 Å². The first-order valence-corrected chi connectivity index (χ1v) is 7.71. The number of rotatable bonds is 3. The molecule has 21 heavy (non-hydrogen) atoms. The molecular formula is C17H24N2O2. The third-order valence-corrected chi connectivity index (χ3v) is 3.98. The predicted molar refractivity (Wildman–Crippen MR) is 83.0 cm³/mol. The average molecular weight is 288 g/mol. The number of hydrogen-bond donors (Lipinski definition) is 0. The van der Waals surface area contributed by atoms with Crippen molar-refractivity contribution in [2.24, 2.45) is 0 Å². The molecule has 0 aliphatic carbocycles. The molecular weight excluding hydrogens is 264 g/mol. The highest BCUT2D eigenvalue weighted by Gasteiger charge is 2.21. The Kier molecular flexibility index (Phi) is 5.37. The van der Waals surface area contributed by atoms with E-state index < -0.39 is 0 Å². The molecule has 0 bridgehead atoms. The molecule has 1 heterocycles. The van der Waals surface area contributed by atoms with E-state index in [4.69, 9.17) is 0 Å². The molecule has 1 aromatic carbocycles. The van der Waals surface area contributed by atoms with E-state index in [0.717, 1.165) is 25.1 Å². The quantitative estimate of drug-likeness (QED) is 0.853. The van der Waals surface area contributed by atoms with Crippen molar-refractivity contribution in [2.45, 2.75) is 33.1 Å². The standard InChI is InChI=1S/C17H24N2O2/c1-3-16(20)18-9-4-10-19(12-11-18)17(21)13-15-7-5-14(2)6-8-15/h5-8H,3-4,9-13H2,1-2H3. The van der Waals surface area contributed by atoms with Gasteiger partial charge in [0, 0.05) is 32.6 Å². The van der Waals surface area contributed by atoms with E-state index in [1.807, 2.05) is 47.9 Å². The van der Waals surface area contributed by atoms with Crippen LogP contribution >= 0.6 is 0 Å². The van der Waals surface area contributed by atoms with Crippen molar-refractivity contribution in [3.05, 3.63) is 35.4 Å². The van der Waals surface area contributed by atoms with E-state index in [2.05, 4.69) is 0 Å². The van der Waals surface area contributed by atoms with Crippen LogP contribution in [-0.2, 0) is 16.0 Å². The minimum atomic E-state index is 0.157. The second kappa shape index (κ2) is 7.25. The highest BCUT2D eigenvalue weighted by atomic mass is 16.2. The summed E-state index contributed by atoms with van der Waals surface area (Å²) in [5.74, 6) is 0.340. The van der Waals surface area contributed by atoms with Crippen LogP contribution in [0.1, 0.15) is 30.9 Å². The molecule has 0 saturated carbocycles. The van der Waals surface area contributed by atoms with Crippen molar-refractivity contribution < 1.29 is 9.59 Å². The lowest BCUT2D eigenvalue weighted by Crippen LogP contribution is -2.37. The Labute approximate surface area is 126 Å². The van der Waals surface area contributed by atoms with Crippen molar-refractivity contribution in [1.82, 2.24) is 9.80 Å². The monoisotopic (exact) mass is 288 g/mol. The molecule has 1 aliphatic rings. The van der Waals surface area contributed by atoms with E-state index in [1.165, 1.54) is 5.56 Å². The van der Waals surface area contributed by atoms with Crippen LogP contribution in [0.4, 0.5) is 0 Å². The maximum Gasteiger partial charge on any atom is 0.227 e. The molecule has 4 heteroatoms. The highest BCUT2D eigenvalue weighted by Crippen LogP contribution is 2.09. The normalized spacial score (nSPS) is 15.7. The summed E-state index contributed by atoms with van der Waals surface area (Å²) in [6.07, 6.45) is 1.85. The molecule has 0 unspecified atom stereocenters. The third-order valence-electron chi connectivity index (χ3n) is 3.98. The van der Waals surface area contributed by atoms with Crippen LogP contribution in [0.5, 0.6) is 0 Å². The van der Waals surface area contributed by atoms with Gasteiger partial charge in [0.05, 0.1) is 6.42 Å². The van der Waals surface area contributed by atoms with Crippen LogP contribution in [0.2, 0.25) is 0 Å². The Morgan fingerprint density at radius 1 is 0.952 bits per heavy atom. The molecule has 1 saturated heterocycles. The van der Waals surface area contributed by atoms with Gasteiger partial charge in [-0.05, 0) is 18.9 Å². The lowest BCUT2D eigenvalue weighted by Gasteiger charge is -2.22. The van der Waals surface area contributed by atoms with Crippen molar-refractivity contribution >= 4 is 11.8 Å². The highest BCUT2D eigenvalue weighted by molar-refractivity contribution is 5.79. The van der Waals surface area contributed by atoms with Gasteiger partial charge in [0.2, 0.25) is 11.8 Å². The fraction of sp³-hybridized carbons (Fsp3) is 0.529. The third kappa shape index (κ3) is 4.31. The van der Waals surface area contributed by atoms with Gasteiger partial charge in [0.15, 0.2) is 0 Å². The van der Waals surface area contributed by atoms with Gasteiger partial charge in [0.1, 0.15) is 0 Å². The first-order valence-electron chi connectivity index (χ1n) is 7.71. The fourth-order valence-corrected chi connectivity index (χ4v) is 2.63. The van der Waals surface area contributed by atoms with Crippen molar-refractivity contribution in [3.63, 3.8) is 0 Å². The summed E-state index contributed by atoms with van der Waals surface area (Å²) in [7, 11) is 0. The second-order valence-corrected chi connectivity index (χ2v) is 5.63. The average Bonchev–Trinajstić information content (AvgIpc) is 2.75. The molecule has 4 nitrogen and oxygen atoms in total. The van der Waals surface area contributed by atoms with E-state index in [1.54, 1.807) is 0 Å². The summed E-state index contributed by atoms with van der Waals surface area (Å²) in [5, 5.41) is 0. The first kappa shape index (κ1) is 15.5. The number of benzene rings is 1. The Hall–Kier alpha value is -1.84. The van der Waals surface area contributed by atoms with Crippen molar-refractivity contribution in [2.75, 3.05) is 26.2 Å². The second-order valence-electron chi connectivity index (χ2n) is 5.63. The van der Waals surface area contributed by atoms with Gasteiger partial charge < -0.3 is 9.80 Å². The molecule has 1 aromatic rings. The topological polar surface area (TPSA) is 40.6 Å². The fourth-order valence-electron chi connectivity index (χ4n) is 2.63. The zero-order valence-corrected chi connectivity index (χ0v) is 13.0. The summed E-state index contributed by atoms with van der Waals surface area (Å²) in [5.41, 5.74) is 2.26. The Morgan fingerprint density at radius 2 is 1.52 bits per heavy atom. The Morgan fingerprint density at radius 3 is 2.10 bits per heavy atom. The molecule has 114 valence electrons. The number of carbonyl (C=O) groups is 2. The summed E-state index contributed by atoms with van der Waals surface area (Å²) >= 11 is 0. The van der Waals surface area contributed by atoms with Gasteiger partial charge in [-0.25, -0.2) is 0 Å². The number of nitrogens with zero attached hydrogens (tertiary/aromatic N) is 2. The lowest BCUT2D eigenvalue weighted by atomic mass is 10.1. The molecule has 0 radical (unpaired) electrons. The number of aryl methyl sites for hydroxylation is 1. The van der Waals surface area contributed by atoms with Gasteiger partial charge in [-0.15, -0.1) is 0 Å². The number of carbonyl (C=O) groups excluding carboxylic acids is 2. The molecule has 1 aliphatic heterocycles. The van der Waals surface area contributed by atoms with Crippen LogP contribution < -0.4 is 0 Å². The smallest absolute Gasteiger partial charge is 0.227 e. The van der Waals surface area contributed by atoms with Crippen LogP contribution in [0.3, 0.4) is 0 Å². The van der Waals surface area contributed by atoms with E-state index in [0.29, 0.717) is 25.9 Å². The predicted octanol–water partition coefficient (Wildman–Crippen LogP) is 2.01. The van der Waals surface area contributed by atoms with Crippen molar-refractivity contribution in [3.8, 4) is 0 Å². The van der Waals surface area contributed by atoms with Gasteiger partial charge in [-0.2, -0.15) is 0 Å². The summed E-state index contributed by atoms with van der Waals surface area (Å²) < 4.78 is 0. The van der Waals surface area contributed by atoms with E-state index >= 15 is 0 Å². The minimum Gasteiger partial charge on any atom is -0.341 e. The van der Waals surface area contributed by atoms with Crippen molar-refractivity contribution in [1.29, 1.82) is 0 Å². The molecule has 2 amide bonds. The lowest BCUT2D eigenvalue weighted by molar-refractivity contribution is -0.133. The van der Waals surface area contributed by atoms with Crippen LogP contribution in [0.25, 0.3) is 0 Å². The summed E-state index contributed by atoms with van der Waals surface area (Å²) in [6, 6.07) is 8.09. The zero-order valence-electron chi connectivity index (χ0n) is 13.0. The SMILES string of the molecule is CCC(=O)N1CCCN(C(=O)Cc2ccc(C)cc2)CC1. The van der Waals surface area contributed by atoms with Gasteiger partial charge >= 0.3 is 0 Å². The van der Waals surface area contributed by atoms with Gasteiger partial charge in [-0.3, -0.25) is 9.59 Å². The Bertz CT molecular complexity index is 496. The maximum absolute atomic E-state index is 12.4. The van der Waals surface area contributed by atoms with Gasteiger partial charge in [-0.1, -0.05) is 36.8 Å². The Balaban J connectivity index is 1.91. The molecule has 1 fully saturated rings. The van der Waals surface area contributed by atoms with Crippen LogP contribution in [0.15, 0.2) is 24.3 Å². The zero-order chi connectivity index (χ0) is 15.2. The largest absolute Gasteiger partial charge is 0.341 e. The first-order chi connectivity index (χ1) is 10.1. The number of amides is 2. The van der Waals surface area contributed by atoms with E-state index in [-0.39, 0.29) is 11.8 Å². The molecule has 2 rings (SSSR count). The minimum absolute atomic E-state index is 0.157. The molecule has 0 spiro atoms. The van der Waals surface area contributed by atoms with Crippen LogP contribution in [-0.4, -0.2) is 47.8 Å². The number of hydrogen-bond acceptors (Lipinski definition) is 2. The summed E-state index contributed by atoms with van der Waals surface area (Å²) in [4.78, 5) is 27.9. The molecule has 0 atom stereocenters. The summed E-state index contributed by atoms with van der Waals surface area (Å²) in [6.45, 7) is 6.75. The maximum atomic E-state index is 12.4. The van der Waals surface area contributed by atoms with Crippen LogP contribution in [0, 0.1) is 6.92 Å². The van der Waals surface area contributed by atoms with Gasteiger partial charge in [0.25, 0.3) is 0 Å². The molecule has 0 aromatic heterocycles.